The van der Waals surface area contributed by atoms with Crippen LogP contribution in [0.15, 0.2) is 24.3 Å². The van der Waals surface area contributed by atoms with Crippen LogP contribution in [0.1, 0.15) is 44.2 Å². The Bertz CT molecular complexity index is 402. The molecule has 0 aromatic heterocycles. The zero-order valence-corrected chi connectivity index (χ0v) is 13.7. The summed E-state index contributed by atoms with van der Waals surface area (Å²) in [7, 11) is 0.710. The predicted molar refractivity (Wildman–Crippen MR) is 74.1 cm³/mol. The molecule has 5 heteroatoms. The molecule has 108 valence electrons. The van der Waals surface area contributed by atoms with Crippen LogP contribution in [0.3, 0.4) is 0 Å². The minimum absolute atomic E-state index is 0.0972. The van der Waals surface area contributed by atoms with Crippen LogP contribution < -0.4 is 0 Å². The van der Waals surface area contributed by atoms with Crippen molar-refractivity contribution in [1.29, 1.82) is 0 Å². The molecule has 19 heavy (non-hydrogen) atoms. The van der Waals surface area contributed by atoms with E-state index in [0.29, 0.717) is 16.9 Å². The van der Waals surface area contributed by atoms with Crippen LogP contribution in [0, 0.1) is 0 Å². The average Bonchev–Trinajstić information content (AvgIpc) is 2.34. The van der Waals surface area contributed by atoms with Gasteiger partial charge in [0.15, 0.2) is 0 Å². The first kappa shape index (κ1) is 16.2. The first-order valence-corrected chi connectivity index (χ1v) is 7.27. The Morgan fingerprint density at radius 3 is 2.42 bits per heavy atom. The van der Waals surface area contributed by atoms with Gasteiger partial charge in [-0.1, -0.05) is 24.6 Å². The van der Waals surface area contributed by atoms with E-state index in [0.717, 1.165) is 30.9 Å². The van der Waals surface area contributed by atoms with Gasteiger partial charge in [0, 0.05) is 5.60 Å². The highest BCUT2D eigenvalue weighted by molar-refractivity contribution is 5.98. The van der Waals surface area contributed by atoms with Crippen molar-refractivity contribution in [2.75, 3.05) is 0 Å². The highest BCUT2D eigenvalue weighted by atomic mass is 28.2. The number of unbranched alkanes of at least 4 members (excludes halogenated alkanes) is 1. The lowest BCUT2D eigenvalue weighted by molar-refractivity contribution is -0.137. The molecule has 0 N–H and O–H groups in total. The maximum absolute atomic E-state index is 12.5. The van der Waals surface area contributed by atoms with E-state index in [1.165, 1.54) is 12.1 Å². The third kappa shape index (κ3) is 5.78. The average molecular weight is 290 g/mol. The Hall–Kier alpha value is -0.813. The Labute approximate surface area is 115 Å². The molecule has 0 saturated carbocycles. The molecule has 0 fully saturated rings. The van der Waals surface area contributed by atoms with Gasteiger partial charge in [-0.25, -0.2) is 0 Å². The summed E-state index contributed by atoms with van der Waals surface area (Å²) in [6.07, 6.45) is -0.781. The van der Waals surface area contributed by atoms with Crippen LogP contribution >= 0.6 is 0 Å². The zero-order chi connectivity index (χ0) is 14.5. The molecule has 0 aliphatic heterocycles. The normalized spacial score (nSPS) is 12.9. The van der Waals surface area contributed by atoms with Crippen LogP contribution in [-0.4, -0.2) is 16.1 Å². The fraction of sp³-hybridized carbons (Fsp3) is 0.571. The minimum atomic E-state index is -4.25. The van der Waals surface area contributed by atoms with E-state index in [1.807, 2.05) is 13.8 Å². The highest BCUT2D eigenvalue weighted by Gasteiger charge is 2.30. The fourth-order valence-corrected chi connectivity index (χ4v) is 2.09. The molecular formula is C14H21F3OSi. The standard InChI is InChI=1S/C14H21F3OSi/c1-13(2,18-19)9-4-3-6-11-7-5-8-12(10-11)14(15,16)17/h5,7-8,10H,3-4,6,9H2,1-2,19H3. The minimum Gasteiger partial charge on any atom is -0.423 e. The number of alkyl halides is 3. The van der Waals surface area contributed by atoms with Crippen molar-refractivity contribution < 1.29 is 17.6 Å². The Balaban J connectivity index is 2.46. The SMILES string of the molecule is CC(C)(CCCCc1cccc(C(F)(F)F)c1)O[SiH3]. The summed E-state index contributed by atoms with van der Waals surface area (Å²) in [5.74, 6) is 0. The molecule has 0 aliphatic carbocycles. The van der Waals surface area contributed by atoms with E-state index in [1.54, 1.807) is 6.07 Å². The maximum atomic E-state index is 12.5. The van der Waals surface area contributed by atoms with Gasteiger partial charge in [-0.05, 0) is 44.7 Å². The van der Waals surface area contributed by atoms with Gasteiger partial charge in [0.1, 0.15) is 10.5 Å². The third-order valence-electron chi connectivity index (χ3n) is 3.30. The first-order chi connectivity index (χ1) is 8.74. The molecule has 0 unspecified atom stereocenters. The van der Waals surface area contributed by atoms with Gasteiger partial charge in [0.2, 0.25) is 0 Å². The van der Waals surface area contributed by atoms with Crippen molar-refractivity contribution in [2.45, 2.75) is 51.3 Å². The molecule has 0 radical (unpaired) electrons. The first-order valence-electron chi connectivity index (χ1n) is 6.46. The largest absolute Gasteiger partial charge is 0.423 e. The second kappa shape index (κ2) is 6.57. The van der Waals surface area contributed by atoms with Crippen molar-refractivity contribution in [3.8, 4) is 0 Å². The van der Waals surface area contributed by atoms with Crippen molar-refractivity contribution in [3.63, 3.8) is 0 Å². The molecule has 0 heterocycles. The van der Waals surface area contributed by atoms with Gasteiger partial charge in [-0.2, -0.15) is 13.2 Å². The van der Waals surface area contributed by atoms with Gasteiger partial charge < -0.3 is 4.43 Å². The van der Waals surface area contributed by atoms with E-state index in [2.05, 4.69) is 0 Å². The fourth-order valence-electron chi connectivity index (χ4n) is 1.89. The molecule has 0 bridgehead atoms. The van der Waals surface area contributed by atoms with Crippen LogP contribution in [0.5, 0.6) is 0 Å². The van der Waals surface area contributed by atoms with Gasteiger partial charge >= 0.3 is 6.18 Å². The smallest absolute Gasteiger partial charge is 0.416 e. The number of benzene rings is 1. The van der Waals surface area contributed by atoms with E-state index in [4.69, 9.17) is 4.43 Å². The van der Waals surface area contributed by atoms with E-state index in [-0.39, 0.29) is 5.60 Å². The summed E-state index contributed by atoms with van der Waals surface area (Å²) in [6, 6.07) is 5.59. The Morgan fingerprint density at radius 2 is 1.84 bits per heavy atom. The lowest BCUT2D eigenvalue weighted by Crippen LogP contribution is -2.22. The molecule has 0 saturated heterocycles. The maximum Gasteiger partial charge on any atom is 0.416 e. The summed E-state index contributed by atoms with van der Waals surface area (Å²) in [5, 5.41) is 0. The number of halogens is 3. The van der Waals surface area contributed by atoms with Crippen LogP contribution in [0.4, 0.5) is 13.2 Å². The molecule has 0 amide bonds. The van der Waals surface area contributed by atoms with Gasteiger partial charge in [0.05, 0.1) is 5.56 Å². The summed E-state index contributed by atoms with van der Waals surface area (Å²) in [4.78, 5) is 0. The van der Waals surface area contributed by atoms with Crippen molar-refractivity contribution in [2.24, 2.45) is 0 Å². The lowest BCUT2D eigenvalue weighted by Gasteiger charge is -2.23. The summed E-state index contributed by atoms with van der Waals surface area (Å²) >= 11 is 0. The molecule has 1 aromatic carbocycles. The Morgan fingerprint density at radius 1 is 1.16 bits per heavy atom. The molecule has 0 atom stereocenters. The number of hydrogen-bond acceptors (Lipinski definition) is 1. The molecule has 1 nitrogen and oxygen atoms in total. The molecule has 1 rings (SSSR count). The highest BCUT2D eigenvalue weighted by Crippen LogP contribution is 2.29. The molecular weight excluding hydrogens is 269 g/mol. The van der Waals surface area contributed by atoms with Crippen molar-refractivity contribution in [3.05, 3.63) is 35.4 Å². The van der Waals surface area contributed by atoms with E-state index in [9.17, 15) is 13.2 Å². The van der Waals surface area contributed by atoms with E-state index >= 15 is 0 Å². The summed E-state index contributed by atoms with van der Waals surface area (Å²) in [5.41, 5.74) is 0.0905. The van der Waals surface area contributed by atoms with Crippen molar-refractivity contribution >= 4 is 10.5 Å². The number of hydrogen-bond donors (Lipinski definition) is 0. The van der Waals surface area contributed by atoms with Crippen molar-refractivity contribution in [1.82, 2.24) is 0 Å². The van der Waals surface area contributed by atoms with Crippen LogP contribution in [-0.2, 0) is 17.0 Å². The van der Waals surface area contributed by atoms with Gasteiger partial charge in [-0.15, -0.1) is 0 Å². The number of rotatable bonds is 6. The monoisotopic (exact) mass is 290 g/mol. The van der Waals surface area contributed by atoms with Crippen LogP contribution in [0.25, 0.3) is 0 Å². The quantitative estimate of drug-likeness (QED) is 0.575. The van der Waals surface area contributed by atoms with Crippen LogP contribution in [0.2, 0.25) is 0 Å². The third-order valence-corrected chi connectivity index (χ3v) is 4.41. The molecule has 0 spiro atoms. The molecule has 0 aliphatic rings. The zero-order valence-electron chi connectivity index (χ0n) is 11.7. The lowest BCUT2D eigenvalue weighted by atomic mass is 9.98. The number of aryl methyl sites for hydroxylation is 1. The predicted octanol–water partition coefficient (Wildman–Crippen LogP) is 3.49. The summed E-state index contributed by atoms with van der Waals surface area (Å²) in [6.45, 7) is 4.09. The van der Waals surface area contributed by atoms with E-state index < -0.39 is 11.7 Å². The topological polar surface area (TPSA) is 9.23 Å². The summed E-state index contributed by atoms with van der Waals surface area (Å²) < 4.78 is 43.1. The second-order valence-corrected chi connectivity index (χ2v) is 5.78. The second-order valence-electron chi connectivity index (χ2n) is 5.37. The molecule has 1 aromatic rings. The van der Waals surface area contributed by atoms with Gasteiger partial charge in [-0.3, -0.25) is 0 Å². The van der Waals surface area contributed by atoms with Gasteiger partial charge in [0.25, 0.3) is 0 Å². The Kier molecular flexibility index (Phi) is 5.61.